The first-order valence-corrected chi connectivity index (χ1v) is 13.4. The predicted molar refractivity (Wildman–Crippen MR) is 156 cm³/mol. The zero-order valence-electron chi connectivity index (χ0n) is 23.5. The van der Waals surface area contributed by atoms with Crippen LogP contribution >= 0.6 is 0 Å². The van der Waals surface area contributed by atoms with Crippen LogP contribution in [0.4, 0.5) is 16.2 Å². The molecule has 1 aliphatic rings. The summed E-state index contributed by atoms with van der Waals surface area (Å²) in [6.07, 6.45) is -0.290. The van der Waals surface area contributed by atoms with Gasteiger partial charge in [-0.1, -0.05) is 43.3 Å². The molecule has 40 heavy (non-hydrogen) atoms. The second kappa shape index (κ2) is 13.3. The van der Waals surface area contributed by atoms with Crippen molar-refractivity contribution in [3.05, 3.63) is 83.9 Å². The smallest absolute Gasteiger partial charge is 0.323 e. The number of fused-ring (bicyclic) bond motifs is 1. The van der Waals surface area contributed by atoms with Crippen LogP contribution in [0.1, 0.15) is 29.8 Å². The van der Waals surface area contributed by atoms with E-state index in [2.05, 4.69) is 27.7 Å². The van der Waals surface area contributed by atoms with Gasteiger partial charge in [-0.25, -0.2) is 4.79 Å². The fraction of sp³-hybridized carbons (Fsp3) is 0.355. The molecule has 212 valence electrons. The molecule has 0 saturated carbocycles. The Morgan fingerprint density at radius 3 is 2.50 bits per heavy atom. The summed E-state index contributed by atoms with van der Waals surface area (Å²) >= 11 is 0. The maximum Gasteiger partial charge on any atom is 0.323 e. The lowest BCUT2D eigenvalue weighted by Crippen LogP contribution is -2.49. The number of hydrogen-bond donors (Lipinski definition) is 3. The lowest BCUT2D eigenvalue weighted by molar-refractivity contribution is 0.0343. The number of urea groups is 1. The van der Waals surface area contributed by atoms with Gasteiger partial charge in [-0.3, -0.25) is 9.69 Å². The Kier molecular flexibility index (Phi) is 9.63. The van der Waals surface area contributed by atoms with Gasteiger partial charge >= 0.3 is 6.03 Å². The van der Waals surface area contributed by atoms with Crippen molar-refractivity contribution in [1.82, 2.24) is 9.80 Å². The number of ether oxygens (including phenoxy) is 2. The number of nitrogens with zero attached hydrogens (tertiary/aromatic N) is 2. The van der Waals surface area contributed by atoms with Crippen molar-refractivity contribution in [2.24, 2.45) is 5.92 Å². The van der Waals surface area contributed by atoms with Gasteiger partial charge in [0.2, 0.25) is 0 Å². The van der Waals surface area contributed by atoms with Crippen molar-refractivity contribution in [1.29, 1.82) is 0 Å². The van der Waals surface area contributed by atoms with Crippen LogP contribution in [0, 0.1) is 5.92 Å². The Morgan fingerprint density at radius 2 is 1.82 bits per heavy atom. The number of amides is 3. The number of carbonyl (C=O) groups is 2. The maximum absolute atomic E-state index is 13.7. The fourth-order valence-electron chi connectivity index (χ4n) is 4.79. The van der Waals surface area contributed by atoms with Crippen molar-refractivity contribution in [2.45, 2.75) is 32.5 Å². The summed E-state index contributed by atoms with van der Waals surface area (Å²) in [7, 11) is 3.62. The van der Waals surface area contributed by atoms with Crippen LogP contribution in [0.5, 0.6) is 11.5 Å². The number of nitrogens with one attached hydrogen (secondary N) is 2. The number of carbonyl (C=O) groups excluding carboxylic acids is 2. The second-order valence-electron chi connectivity index (χ2n) is 10.3. The molecule has 1 aliphatic heterocycles. The van der Waals surface area contributed by atoms with E-state index in [4.69, 9.17) is 9.47 Å². The van der Waals surface area contributed by atoms with Crippen molar-refractivity contribution in [3.8, 4) is 11.5 Å². The number of para-hydroxylation sites is 1. The predicted octanol–water partition coefficient (Wildman–Crippen LogP) is 4.69. The van der Waals surface area contributed by atoms with Crippen LogP contribution in [-0.2, 0) is 6.54 Å². The van der Waals surface area contributed by atoms with Crippen molar-refractivity contribution < 1.29 is 24.2 Å². The Bertz CT molecular complexity index is 1280. The van der Waals surface area contributed by atoms with Crippen molar-refractivity contribution in [3.63, 3.8) is 0 Å². The maximum atomic E-state index is 13.7. The zero-order chi connectivity index (χ0) is 28.6. The van der Waals surface area contributed by atoms with Crippen molar-refractivity contribution >= 4 is 23.3 Å². The number of hydrogen-bond acceptors (Lipinski definition) is 6. The van der Waals surface area contributed by atoms with E-state index in [0.29, 0.717) is 41.5 Å². The van der Waals surface area contributed by atoms with E-state index in [1.54, 1.807) is 54.5 Å². The summed E-state index contributed by atoms with van der Waals surface area (Å²) < 4.78 is 11.8. The molecule has 0 aromatic heterocycles. The lowest BCUT2D eigenvalue weighted by Gasteiger charge is -2.38. The minimum Gasteiger partial charge on any atom is -0.497 e. The first kappa shape index (κ1) is 28.9. The number of methoxy groups -OCH3 is 1. The van der Waals surface area contributed by atoms with E-state index in [1.807, 2.05) is 39.1 Å². The van der Waals surface area contributed by atoms with E-state index >= 15 is 0 Å². The van der Waals surface area contributed by atoms with Crippen LogP contribution in [0.3, 0.4) is 0 Å². The summed E-state index contributed by atoms with van der Waals surface area (Å²) in [4.78, 5) is 30.5. The number of rotatable bonds is 9. The molecule has 9 nitrogen and oxygen atoms in total. The largest absolute Gasteiger partial charge is 0.497 e. The Morgan fingerprint density at radius 1 is 1.10 bits per heavy atom. The molecule has 3 atom stereocenters. The quantitative estimate of drug-likeness (QED) is 0.360. The fourth-order valence-corrected chi connectivity index (χ4v) is 4.79. The van der Waals surface area contributed by atoms with Gasteiger partial charge in [-0.05, 0) is 55.9 Å². The summed E-state index contributed by atoms with van der Waals surface area (Å²) in [6.45, 7) is 5.48. The topological polar surface area (TPSA) is 103 Å². The highest BCUT2D eigenvalue weighted by Gasteiger charge is 2.34. The molecule has 3 N–H and O–H groups in total. The highest BCUT2D eigenvalue weighted by Crippen LogP contribution is 2.35. The van der Waals surface area contributed by atoms with Crippen LogP contribution in [0.25, 0.3) is 0 Å². The molecule has 3 amide bonds. The van der Waals surface area contributed by atoms with Crippen molar-refractivity contribution in [2.75, 3.05) is 44.5 Å². The third-order valence-electron chi connectivity index (χ3n) is 7.07. The molecular weight excluding hydrogens is 508 g/mol. The molecule has 0 bridgehead atoms. The molecule has 0 radical (unpaired) electrons. The lowest BCUT2D eigenvalue weighted by atomic mass is 9.99. The Hall–Kier alpha value is -4.08. The number of anilines is 2. The van der Waals surface area contributed by atoms with E-state index in [0.717, 1.165) is 6.54 Å². The third-order valence-corrected chi connectivity index (χ3v) is 7.07. The van der Waals surface area contributed by atoms with Crippen LogP contribution in [0.2, 0.25) is 0 Å². The summed E-state index contributed by atoms with van der Waals surface area (Å²) in [5.41, 5.74) is 2.50. The average molecular weight is 547 g/mol. The molecule has 0 spiro atoms. The number of likely N-dealkylation sites (N-methyl/N-ethyl adjacent to an activating group) is 1. The van der Waals surface area contributed by atoms with Gasteiger partial charge in [0.15, 0.2) is 5.75 Å². The molecule has 0 fully saturated rings. The van der Waals surface area contributed by atoms with Gasteiger partial charge < -0.3 is 30.1 Å². The molecule has 3 aromatic carbocycles. The standard InChI is InChI=1S/C31H38N4O5/c1-21-17-35(22(2)20-36)30(37)26-11-8-12-27(33-31(38)32-24-13-15-25(39-4)16-14-24)29(26)40-28(21)19-34(3)18-23-9-6-5-7-10-23/h5-16,21-22,28,36H,17-20H2,1-4H3,(H2,32,33,38)/t21-,22-,28-/m0/s1. The SMILES string of the molecule is COc1ccc(NC(=O)Nc2cccc3c2O[C@@H](CN(C)Cc2ccccc2)[C@@H](C)CN([C@@H](C)CO)C3=O)cc1. The van der Waals surface area contributed by atoms with E-state index in [1.165, 1.54) is 5.56 Å². The third kappa shape index (κ3) is 7.11. The highest BCUT2D eigenvalue weighted by atomic mass is 16.5. The average Bonchev–Trinajstić information content (AvgIpc) is 2.95. The van der Waals surface area contributed by atoms with Crippen LogP contribution < -0.4 is 20.1 Å². The molecule has 4 rings (SSSR count). The van der Waals surface area contributed by atoms with E-state index < -0.39 is 6.03 Å². The Labute approximate surface area is 235 Å². The molecule has 0 unspecified atom stereocenters. The minimum atomic E-state index is -0.469. The summed E-state index contributed by atoms with van der Waals surface area (Å²) in [5, 5.41) is 15.6. The molecule has 1 heterocycles. The first-order valence-electron chi connectivity index (χ1n) is 13.4. The number of aliphatic hydroxyl groups is 1. The normalized spacial score (nSPS) is 17.8. The molecule has 9 heteroatoms. The second-order valence-corrected chi connectivity index (χ2v) is 10.3. The van der Waals surface area contributed by atoms with Gasteiger partial charge in [0.1, 0.15) is 11.9 Å². The number of benzene rings is 3. The monoisotopic (exact) mass is 546 g/mol. The summed E-state index contributed by atoms with van der Waals surface area (Å²) in [5.74, 6) is 0.697. The molecule has 0 saturated heterocycles. The summed E-state index contributed by atoms with van der Waals surface area (Å²) in [6, 6.07) is 21.5. The van der Waals surface area contributed by atoms with Crippen LogP contribution in [0.15, 0.2) is 72.8 Å². The first-order chi connectivity index (χ1) is 19.3. The van der Waals surface area contributed by atoms with E-state index in [-0.39, 0.29) is 30.6 Å². The molecular formula is C31H38N4O5. The Balaban J connectivity index is 1.61. The van der Waals surface area contributed by atoms with E-state index in [9.17, 15) is 14.7 Å². The zero-order valence-corrected chi connectivity index (χ0v) is 23.5. The van der Waals surface area contributed by atoms with Gasteiger partial charge in [0, 0.05) is 31.2 Å². The van der Waals surface area contributed by atoms with Gasteiger partial charge in [-0.2, -0.15) is 0 Å². The van der Waals surface area contributed by atoms with Gasteiger partial charge in [0.25, 0.3) is 5.91 Å². The van der Waals surface area contributed by atoms with Gasteiger partial charge in [-0.15, -0.1) is 0 Å². The molecule has 0 aliphatic carbocycles. The number of aliphatic hydroxyl groups excluding tert-OH is 1. The highest BCUT2D eigenvalue weighted by molar-refractivity contribution is 6.04. The van der Waals surface area contributed by atoms with Gasteiger partial charge in [0.05, 0.1) is 31.0 Å². The van der Waals surface area contributed by atoms with Crippen LogP contribution in [-0.4, -0.2) is 72.8 Å². The minimum absolute atomic E-state index is 0.0505. The molecule has 3 aromatic rings.